The molecule has 2 saturated heterocycles. The number of nitrogens with zero attached hydrogens (tertiary/aromatic N) is 1. The van der Waals surface area contributed by atoms with Crippen LogP contribution in [0.2, 0.25) is 0 Å². The second kappa shape index (κ2) is 6.81. The first kappa shape index (κ1) is 16.0. The van der Waals surface area contributed by atoms with E-state index in [2.05, 4.69) is 10.3 Å². The number of ether oxygens (including phenoxy) is 2. The second-order valence-electron chi connectivity index (χ2n) is 7.55. The third-order valence-corrected chi connectivity index (χ3v) is 5.67. The maximum absolute atomic E-state index is 12.4. The average molecular weight is 330 g/mol. The summed E-state index contributed by atoms with van der Waals surface area (Å²) in [5, 5.41) is 3.05. The third kappa shape index (κ3) is 3.62. The molecule has 24 heavy (non-hydrogen) atoms. The predicted octanol–water partition coefficient (Wildman–Crippen LogP) is 3.26. The standard InChI is InChI=1S/C19H26N2O3/c22-17(21-16-2-1-9-20-18(16)14-3-4-14)12-15-5-6-19(13-24-15)7-10-23-11-8-19/h1-2,9,14-15H,3-8,10-13H2,(H,21,22)/t15-/m1/s1. The molecule has 1 aliphatic carbocycles. The third-order valence-electron chi connectivity index (χ3n) is 5.67. The van der Waals surface area contributed by atoms with Gasteiger partial charge in [0.25, 0.3) is 0 Å². The van der Waals surface area contributed by atoms with Gasteiger partial charge in [0.05, 0.1) is 30.5 Å². The van der Waals surface area contributed by atoms with E-state index in [1.54, 1.807) is 6.20 Å². The predicted molar refractivity (Wildman–Crippen MR) is 90.9 cm³/mol. The fourth-order valence-electron chi connectivity index (χ4n) is 3.89. The Morgan fingerprint density at radius 1 is 1.25 bits per heavy atom. The highest BCUT2D eigenvalue weighted by atomic mass is 16.5. The van der Waals surface area contributed by atoms with Gasteiger partial charge in [0.15, 0.2) is 0 Å². The van der Waals surface area contributed by atoms with Crippen molar-refractivity contribution >= 4 is 11.6 Å². The van der Waals surface area contributed by atoms with E-state index in [1.165, 1.54) is 12.8 Å². The first-order valence-corrected chi connectivity index (χ1v) is 9.18. The summed E-state index contributed by atoms with van der Waals surface area (Å²) in [4.78, 5) is 16.8. The zero-order valence-corrected chi connectivity index (χ0v) is 14.1. The average Bonchev–Trinajstić information content (AvgIpc) is 3.43. The number of hydrogen-bond acceptors (Lipinski definition) is 4. The van der Waals surface area contributed by atoms with E-state index in [1.807, 2.05) is 12.1 Å². The van der Waals surface area contributed by atoms with Crippen LogP contribution >= 0.6 is 0 Å². The molecule has 0 unspecified atom stereocenters. The Bertz CT molecular complexity index is 584. The molecule has 1 amide bonds. The lowest BCUT2D eigenvalue weighted by atomic mass is 9.75. The molecule has 1 saturated carbocycles. The van der Waals surface area contributed by atoms with E-state index in [9.17, 15) is 4.79 Å². The van der Waals surface area contributed by atoms with Crippen molar-refractivity contribution in [3.8, 4) is 0 Å². The zero-order valence-electron chi connectivity index (χ0n) is 14.1. The number of amides is 1. The molecule has 2 aliphatic heterocycles. The van der Waals surface area contributed by atoms with Gasteiger partial charge in [0.2, 0.25) is 5.91 Å². The van der Waals surface area contributed by atoms with Gasteiger partial charge < -0.3 is 14.8 Å². The molecule has 1 aromatic heterocycles. The topological polar surface area (TPSA) is 60.5 Å². The Morgan fingerprint density at radius 3 is 2.79 bits per heavy atom. The SMILES string of the molecule is O=C(C[C@H]1CCC2(CCOCC2)CO1)Nc1cccnc1C1CC1. The highest BCUT2D eigenvalue weighted by Crippen LogP contribution is 2.42. The molecule has 5 nitrogen and oxygen atoms in total. The number of carbonyl (C=O) groups is 1. The number of carbonyl (C=O) groups excluding carboxylic acids is 1. The van der Waals surface area contributed by atoms with Gasteiger partial charge in [-0.15, -0.1) is 0 Å². The largest absolute Gasteiger partial charge is 0.381 e. The summed E-state index contributed by atoms with van der Waals surface area (Å²) in [5.41, 5.74) is 2.21. The van der Waals surface area contributed by atoms with E-state index >= 15 is 0 Å². The van der Waals surface area contributed by atoms with Gasteiger partial charge in [0, 0.05) is 25.3 Å². The van der Waals surface area contributed by atoms with Crippen molar-refractivity contribution in [3.05, 3.63) is 24.0 Å². The molecule has 5 heteroatoms. The van der Waals surface area contributed by atoms with Gasteiger partial charge in [-0.1, -0.05) is 0 Å². The molecule has 1 atom stereocenters. The summed E-state index contributed by atoms with van der Waals surface area (Å²) < 4.78 is 11.5. The molecule has 1 N–H and O–H groups in total. The number of nitrogens with one attached hydrogen (secondary N) is 1. The molecular weight excluding hydrogens is 304 g/mol. The summed E-state index contributed by atoms with van der Waals surface area (Å²) in [6.07, 6.45) is 8.93. The molecule has 0 bridgehead atoms. The van der Waals surface area contributed by atoms with Crippen LogP contribution in [-0.2, 0) is 14.3 Å². The van der Waals surface area contributed by atoms with Gasteiger partial charge in [-0.25, -0.2) is 0 Å². The summed E-state index contributed by atoms with van der Waals surface area (Å²) in [5.74, 6) is 0.568. The number of hydrogen-bond donors (Lipinski definition) is 1. The van der Waals surface area contributed by atoms with E-state index in [0.717, 1.165) is 56.9 Å². The molecule has 1 spiro atoms. The minimum absolute atomic E-state index is 0.0397. The highest BCUT2D eigenvalue weighted by Gasteiger charge is 2.38. The van der Waals surface area contributed by atoms with Gasteiger partial charge in [-0.05, 0) is 56.1 Å². The van der Waals surface area contributed by atoms with Crippen LogP contribution in [0.4, 0.5) is 5.69 Å². The van der Waals surface area contributed by atoms with Crippen molar-refractivity contribution in [2.45, 2.75) is 57.0 Å². The Balaban J connectivity index is 1.29. The highest BCUT2D eigenvalue weighted by molar-refractivity contribution is 5.91. The summed E-state index contributed by atoms with van der Waals surface area (Å²) in [6.45, 7) is 2.47. The monoisotopic (exact) mass is 330 g/mol. The number of anilines is 1. The lowest BCUT2D eigenvalue weighted by Crippen LogP contribution is -2.41. The molecule has 3 fully saturated rings. The van der Waals surface area contributed by atoms with Crippen LogP contribution in [0.3, 0.4) is 0 Å². The summed E-state index contributed by atoms with van der Waals surface area (Å²) in [7, 11) is 0. The molecular formula is C19H26N2O3. The minimum Gasteiger partial charge on any atom is -0.381 e. The minimum atomic E-state index is 0.0397. The molecule has 0 aromatic carbocycles. The lowest BCUT2D eigenvalue weighted by Gasteiger charge is -2.42. The fourth-order valence-corrected chi connectivity index (χ4v) is 3.89. The maximum Gasteiger partial charge on any atom is 0.227 e. The maximum atomic E-state index is 12.4. The molecule has 130 valence electrons. The molecule has 1 aromatic rings. The van der Waals surface area contributed by atoms with Crippen molar-refractivity contribution in [1.29, 1.82) is 0 Å². The van der Waals surface area contributed by atoms with Gasteiger partial charge in [-0.2, -0.15) is 0 Å². The number of aromatic nitrogens is 1. The van der Waals surface area contributed by atoms with E-state index in [-0.39, 0.29) is 12.0 Å². The molecule has 3 heterocycles. The number of rotatable bonds is 4. The van der Waals surface area contributed by atoms with Gasteiger partial charge >= 0.3 is 0 Å². The second-order valence-corrected chi connectivity index (χ2v) is 7.55. The van der Waals surface area contributed by atoms with E-state index in [0.29, 0.717) is 17.8 Å². The Morgan fingerprint density at radius 2 is 2.08 bits per heavy atom. The lowest BCUT2D eigenvalue weighted by molar-refractivity contribution is -0.128. The Labute approximate surface area is 143 Å². The van der Waals surface area contributed by atoms with Crippen LogP contribution in [0, 0.1) is 5.41 Å². The van der Waals surface area contributed by atoms with Crippen LogP contribution < -0.4 is 5.32 Å². The van der Waals surface area contributed by atoms with Crippen LogP contribution in [-0.4, -0.2) is 36.8 Å². The van der Waals surface area contributed by atoms with Crippen molar-refractivity contribution in [3.63, 3.8) is 0 Å². The van der Waals surface area contributed by atoms with Crippen LogP contribution in [0.25, 0.3) is 0 Å². The number of pyridine rings is 1. The van der Waals surface area contributed by atoms with Crippen LogP contribution in [0.15, 0.2) is 18.3 Å². The summed E-state index contributed by atoms with van der Waals surface area (Å²) >= 11 is 0. The van der Waals surface area contributed by atoms with Crippen molar-refractivity contribution in [2.24, 2.45) is 5.41 Å². The Kier molecular flexibility index (Phi) is 4.55. The van der Waals surface area contributed by atoms with Crippen LogP contribution in [0.1, 0.15) is 56.6 Å². The fraction of sp³-hybridized carbons (Fsp3) is 0.684. The zero-order chi connectivity index (χ0) is 16.4. The quantitative estimate of drug-likeness (QED) is 0.920. The first-order chi connectivity index (χ1) is 11.7. The van der Waals surface area contributed by atoms with Crippen molar-refractivity contribution in [2.75, 3.05) is 25.1 Å². The van der Waals surface area contributed by atoms with Gasteiger partial charge in [0.1, 0.15) is 0 Å². The smallest absolute Gasteiger partial charge is 0.227 e. The molecule has 3 aliphatic rings. The van der Waals surface area contributed by atoms with Gasteiger partial charge in [-0.3, -0.25) is 9.78 Å². The van der Waals surface area contributed by atoms with E-state index < -0.39 is 0 Å². The van der Waals surface area contributed by atoms with Crippen molar-refractivity contribution < 1.29 is 14.3 Å². The summed E-state index contributed by atoms with van der Waals surface area (Å²) in [6, 6.07) is 3.84. The molecule has 0 radical (unpaired) electrons. The van der Waals surface area contributed by atoms with Crippen LogP contribution in [0.5, 0.6) is 0 Å². The van der Waals surface area contributed by atoms with E-state index in [4.69, 9.17) is 9.47 Å². The Hall–Kier alpha value is -1.46. The first-order valence-electron chi connectivity index (χ1n) is 9.18. The molecule has 4 rings (SSSR count). The van der Waals surface area contributed by atoms with Crippen molar-refractivity contribution in [1.82, 2.24) is 4.98 Å². The normalized spacial score (nSPS) is 26.2.